The van der Waals surface area contributed by atoms with Crippen LogP contribution in [-0.2, 0) is 27.9 Å². The van der Waals surface area contributed by atoms with Crippen molar-refractivity contribution in [3.8, 4) is 0 Å². The molecule has 0 amide bonds. The van der Waals surface area contributed by atoms with Crippen LogP contribution in [-0.4, -0.2) is 45.4 Å². The highest BCUT2D eigenvalue weighted by atomic mass is 28.4. The van der Waals surface area contributed by atoms with Crippen molar-refractivity contribution in [1.82, 2.24) is 0 Å². The van der Waals surface area contributed by atoms with Crippen LogP contribution in [0.15, 0.2) is 12.2 Å². The summed E-state index contributed by atoms with van der Waals surface area (Å²) in [5, 5.41) is 0. The van der Waals surface area contributed by atoms with Gasteiger partial charge in [0.1, 0.15) is 12.2 Å². The van der Waals surface area contributed by atoms with Crippen LogP contribution in [0.1, 0.15) is 67.2 Å². The topological polar surface area (TPSA) is 71.1 Å². The Bertz CT molecular complexity index is 652. The first-order valence-corrected chi connectivity index (χ1v) is 13.1. The molecule has 1 spiro atoms. The zero-order valence-corrected chi connectivity index (χ0v) is 19.6. The van der Waals surface area contributed by atoms with Crippen LogP contribution in [0.2, 0.25) is 11.1 Å². The maximum Gasteiger partial charge on any atom is 0.343 e. The van der Waals surface area contributed by atoms with E-state index in [-0.39, 0.29) is 29.2 Å². The largest absolute Gasteiger partial charge is 0.461 e. The van der Waals surface area contributed by atoms with Crippen LogP contribution in [0.3, 0.4) is 0 Å². The Morgan fingerprint density at radius 3 is 2.38 bits per heavy atom. The van der Waals surface area contributed by atoms with E-state index < -0.39 is 32.0 Å². The summed E-state index contributed by atoms with van der Waals surface area (Å²) < 4.78 is 24.8. The van der Waals surface area contributed by atoms with E-state index in [1.165, 1.54) is 0 Å². The van der Waals surface area contributed by atoms with Crippen molar-refractivity contribution in [2.24, 2.45) is 11.3 Å². The van der Waals surface area contributed by atoms with Crippen molar-refractivity contribution in [1.29, 1.82) is 0 Å². The molecule has 3 aliphatic heterocycles. The van der Waals surface area contributed by atoms with Crippen LogP contribution in [0, 0.1) is 11.3 Å². The standard InChI is InChI=1S/C22H36O6Si/c1-7-8-9-17-18-10-12-22(21(24)27-18)19(17)28-29(14(2)3,15(4)5)25-13-11-16(6)26-20(22)23/h10,12,14-19H,7-9,11,13H2,1-6H3/t16-,17-,18+,19-,22-/m1/s1. The van der Waals surface area contributed by atoms with Gasteiger partial charge in [-0.2, -0.15) is 0 Å². The summed E-state index contributed by atoms with van der Waals surface area (Å²) >= 11 is 0. The first-order chi connectivity index (χ1) is 13.7. The van der Waals surface area contributed by atoms with Crippen LogP contribution in [0.5, 0.6) is 0 Å². The van der Waals surface area contributed by atoms with Crippen molar-refractivity contribution < 1.29 is 27.9 Å². The third-order valence-electron chi connectivity index (χ3n) is 6.70. The molecule has 2 fully saturated rings. The number of fused-ring (bicyclic) bond motifs is 1. The van der Waals surface area contributed by atoms with Crippen molar-refractivity contribution in [2.45, 2.75) is 96.6 Å². The zero-order chi connectivity index (χ0) is 21.4. The maximum absolute atomic E-state index is 13.4. The first kappa shape index (κ1) is 22.5. The molecular formula is C22H36O6Si. The predicted octanol–water partition coefficient (Wildman–Crippen LogP) is 4.27. The number of hydrogen-bond acceptors (Lipinski definition) is 6. The minimum atomic E-state index is -2.74. The fourth-order valence-electron chi connectivity index (χ4n) is 4.96. The molecule has 2 bridgehead atoms. The van der Waals surface area contributed by atoms with Crippen LogP contribution >= 0.6 is 0 Å². The van der Waals surface area contributed by atoms with Gasteiger partial charge < -0.3 is 18.3 Å². The molecule has 3 heterocycles. The minimum Gasteiger partial charge on any atom is -0.461 e. The number of hydrogen-bond donors (Lipinski definition) is 0. The molecule has 0 aromatic heterocycles. The Morgan fingerprint density at radius 2 is 1.79 bits per heavy atom. The van der Waals surface area contributed by atoms with E-state index in [4.69, 9.17) is 18.3 Å². The minimum absolute atomic E-state index is 0.0760. The van der Waals surface area contributed by atoms with Crippen molar-refractivity contribution in [3.63, 3.8) is 0 Å². The molecule has 0 aromatic rings. The number of rotatable bonds is 5. The first-order valence-electron chi connectivity index (χ1n) is 11.1. The molecule has 2 saturated heterocycles. The Hall–Kier alpha value is -1.18. The van der Waals surface area contributed by atoms with Crippen molar-refractivity contribution in [3.05, 3.63) is 12.2 Å². The predicted molar refractivity (Wildman–Crippen MR) is 111 cm³/mol. The van der Waals surface area contributed by atoms with Gasteiger partial charge in [-0.05, 0) is 30.5 Å². The summed E-state index contributed by atoms with van der Waals surface area (Å²) in [6, 6.07) is 0. The average Bonchev–Trinajstić information content (AvgIpc) is 2.65. The quantitative estimate of drug-likeness (QED) is 0.284. The second-order valence-electron chi connectivity index (χ2n) is 9.33. The molecule has 6 nitrogen and oxygen atoms in total. The number of carbonyl (C=O) groups is 2. The maximum atomic E-state index is 13.4. The monoisotopic (exact) mass is 424 g/mol. The Morgan fingerprint density at radius 1 is 1.14 bits per heavy atom. The summed E-state index contributed by atoms with van der Waals surface area (Å²) in [4.78, 5) is 26.4. The highest BCUT2D eigenvalue weighted by Gasteiger charge is 2.66. The molecule has 29 heavy (non-hydrogen) atoms. The summed E-state index contributed by atoms with van der Waals surface area (Å²) in [7, 11) is -2.74. The number of unbranched alkanes of at least 4 members (excludes halogenated alkanes) is 1. The van der Waals surface area contributed by atoms with Gasteiger partial charge in [-0.3, -0.25) is 9.59 Å². The molecule has 4 rings (SSSR count). The second kappa shape index (κ2) is 8.51. The Kier molecular flexibility index (Phi) is 6.61. The molecule has 1 aliphatic carbocycles. The van der Waals surface area contributed by atoms with Crippen LogP contribution in [0.4, 0.5) is 0 Å². The molecular weight excluding hydrogens is 388 g/mol. The summed E-state index contributed by atoms with van der Waals surface area (Å²) in [5.41, 5.74) is -1.18. The molecule has 4 aliphatic rings. The number of cyclic esters (lactones) is 1. The van der Waals surface area contributed by atoms with Crippen molar-refractivity contribution in [2.75, 3.05) is 6.61 Å². The van der Waals surface area contributed by atoms with E-state index in [0.29, 0.717) is 13.0 Å². The van der Waals surface area contributed by atoms with Gasteiger partial charge in [0.25, 0.3) is 0 Å². The molecule has 0 N–H and O–H groups in total. The van der Waals surface area contributed by atoms with E-state index in [2.05, 4.69) is 34.6 Å². The number of carbonyl (C=O) groups excluding carboxylic acids is 2. The van der Waals surface area contributed by atoms with Gasteiger partial charge in [0, 0.05) is 18.9 Å². The lowest BCUT2D eigenvalue weighted by atomic mass is 9.66. The van der Waals surface area contributed by atoms with Gasteiger partial charge in [-0.15, -0.1) is 0 Å². The molecule has 0 saturated carbocycles. The average molecular weight is 425 g/mol. The van der Waals surface area contributed by atoms with Crippen molar-refractivity contribution >= 4 is 20.5 Å². The Labute approximate surface area is 175 Å². The smallest absolute Gasteiger partial charge is 0.343 e. The lowest BCUT2D eigenvalue weighted by Crippen LogP contribution is -2.67. The van der Waals surface area contributed by atoms with Crippen LogP contribution in [0.25, 0.3) is 0 Å². The highest BCUT2D eigenvalue weighted by Crippen LogP contribution is 2.51. The van der Waals surface area contributed by atoms with Gasteiger partial charge in [0.05, 0.1) is 6.10 Å². The van der Waals surface area contributed by atoms with E-state index in [1.54, 1.807) is 6.08 Å². The molecule has 164 valence electrons. The third kappa shape index (κ3) is 3.70. The number of ether oxygens (including phenoxy) is 2. The van der Waals surface area contributed by atoms with Gasteiger partial charge in [0.15, 0.2) is 0 Å². The molecule has 0 aromatic carbocycles. The van der Waals surface area contributed by atoms with Gasteiger partial charge in [-0.1, -0.05) is 53.5 Å². The third-order valence-corrected chi connectivity index (χ3v) is 11.2. The van der Waals surface area contributed by atoms with Crippen LogP contribution < -0.4 is 0 Å². The molecule has 5 atom stereocenters. The lowest BCUT2D eigenvalue weighted by Gasteiger charge is -2.53. The lowest BCUT2D eigenvalue weighted by molar-refractivity contribution is -0.204. The fraction of sp³-hybridized carbons (Fsp3) is 0.818. The molecule has 0 unspecified atom stereocenters. The summed E-state index contributed by atoms with van der Waals surface area (Å²) in [5.74, 6) is -1.17. The highest BCUT2D eigenvalue weighted by molar-refractivity contribution is 6.70. The fourth-order valence-corrected chi connectivity index (χ4v) is 8.76. The van der Waals surface area contributed by atoms with E-state index in [0.717, 1.165) is 19.3 Å². The zero-order valence-electron chi connectivity index (χ0n) is 18.6. The van der Waals surface area contributed by atoms with E-state index in [1.807, 2.05) is 13.0 Å². The summed E-state index contributed by atoms with van der Waals surface area (Å²) in [6.07, 6.45) is 5.64. The summed E-state index contributed by atoms with van der Waals surface area (Å²) in [6.45, 7) is 13.0. The second-order valence-corrected chi connectivity index (χ2v) is 13.6. The molecule has 7 heteroatoms. The van der Waals surface area contributed by atoms with E-state index >= 15 is 0 Å². The van der Waals surface area contributed by atoms with Gasteiger partial charge in [-0.25, -0.2) is 0 Å². The van der Waals surface area contributed by atoms with Gasteiger partial charge in [0.2, 0.25) is 5.41 Å². The van der Waals surface area contributed by atoms with Gasteiger partial charge >= 0.3 is 20.5 Å². The normalized spacial score (nSPS) is 36.7. The Balaban J connectivity index is 2.13. The SMILES string of the molecule is CCCC[C@@H]1[C@@H]2C=C[C@@]3(C(=O)O[C@H](C)CCO[Si](C(C)C)(C(C)C)O[C@H]13)C(=O)O2. The van der Waals surface area contributed by atoms with E-state index in [9.17, 15) is 9.59 Å². The number of esters is 2. The molecule has 0 radical (unpaired) electrons.